The van der Waals surface area contributed by atoms with Crippen LogP contribution in [0.2, 0.25) is 0 Å². The van der Waals surface area contributed by atoms with Gasteiger partial charge in [0.05, 0.1) is 12.3 Å². The van der Waals surface area contributed by atoms with Gasteiger partial charge in [-0.1, -0.05) is 13.3 Å². The van der Waals surface area contributed by atoms with E-state index < -0.39 is 0 Å². The van der Waals surface area contributed by atoms with E-state index in [9.17, 15) is 4.79 Å². The summed E-state index contributed by atoms with van der Waals surface area (Å²) in [5, 5.41) is 0.819. The Balaban J connectivity index is 2.37. The molecule has 0 aromatic carbocycles. The van der Waals surface area contributed by atoms with Crippen LogP contribution >= 0.6 is 11.3 Å². The van der Waals surface area contributed by atoms with Crippen LogP contribution in [0.15, 0.2) is 24.5 Å². The van der Waals surface area contributed by atoms with Crippen molar-refractivity contribution in [3.63, 3.8) is 0 Å². The Morgan fingerprint density at radius 2 is 2.26 bits per heavy atom. The van der Waals surface area contributed by atoms with Crippen molar-refractivity contribution in [2.45, 2.75) is 26.7 Å². The van der Waals surface area contributed by atoms with Gasteiger partial charge in [0, 0.05) is 18.0 Å². The zero-order valence-electron chi connectivity index (χ0n) is 11.0. The van der Waals surface area contributed by atoms with Gasteiger partial charge < -0.3 is 4.74 Å². The van der Waals surface area contributed by atoms with Gasteiger partial charge in [-0.15, -0.1) is 11.3 Å². The van der Waals surface area contributed by atoms with Crippen LogP contribution in [0, 0.1) is 0 Å². The van der Waals surface area contributed by atoms with Crippen LogP contribution in [0.4, 0.5) is 0 Å². The molecule has 0 aliphatic heterocycles. The molecule has 0 bridgehead atoms. The number of ether oxygens (including phenoxy) is 1. The van der Waals surface area contributed by atoms with E-state index in [-0.39, 0.29) is 5.97 Å². The molecule has 0 atom stereocenters. The average Bonchev–Trinajstić information content (AvgIpc) is 2.85. The van der Waals surface area contributed by atoms with Crippen LogP contribution < -0.4 is 0 Å². The van der Waals surface area contributed by atoms with Gasteiger partial charge in [-0.3, -0.25) is 4.98 Å². The average molecular weight is 276 g/mol. The summed E-state index contributed by atoms with van der Waals surface area (Å²) in [7, 11) is 0. The fourth-order valence-corrected chi connectivity index (χ4v) is 2.72. The van der Waals surface area contributed by atoms with Crippen LogP contribution in [-0.2, 0) is 11.2 Å². The first-order valence-corrected chi connectivity index (χ1v) is 7.15. The van der Waals surface area contributed by atoms with Crippen molar-refractivity contribution in [3.05, 3.63) is 35.1 Å². The van der Waals surface area contributed by atoms with Crippen molar-refractivity contribution in [2.75, 3.05) is 6.61 Å². The molecule has 2 aromatic heterocycles. The molecule has 0 aliphatic carbocycles. The third-order valence-electron chi connectivity index (χ3n) is 2.55. The second kappa shape index (κ2) is 6.43. The number of thiazole rings is 1. The van der Waals surface area contributed by atoms with Gasteiger partial charge in [0.1, 0.15) is 9.88 Å². The highest BCUT2D eigenvalue weighted by Gasteiger charge is 2.19. The summed E-state index contributed by atoms with van der Waals surface area (Å²) < 4.78 is 5.08. The number of hydrogen-bond acceptors (Lipinski definition) is 5. The molecule has 2 heterocycles. The van der Waals surface area contributed by atoms with Crippen LogP contribution in [0.25, 0.3) is 10.6 Å². The van der Waals surface area contributed by atoms with E-state index in [0.717, 1.165) is 29.1 Å². The zero-order chi connectivity index (χ0) is 13.7. The van der Waals surface area contributed by atoms with E-state index in [2.05, 4.69) is 16.9 Å². The lowest BCUT2D eigenvalue weighted by Gasteiger charge is -2.00. The minimum atomic E-state index is -0.279. The van der Waals surface area contributed by atoms with Crippen LogP contribution in [0.3, 0.4) is 0 Å². The summed E-state index contributed by atoms with van der Waals surface area (Å²) in [6.45, 7) is 4.25. The van der Waals surface area contributed by atoms with Crippen molar-refractivity contribution >= 4 is 17.3 Å². The second-order valence-electron chi connectivity index (χ2n) is 4.01. The highest BCUT2D eigenvalue weighted by Crippen LogP contribution is 2.28. The Hall–Kier alpha value is -1.75. The number of hydrogen-bond donors (Lipinski definition) is 0. The van der Waals surface area contributed by atoms with E-state index in [1.807, 2.05) is 12.1 Å². The quantitative estimate of drug-likeness (QED) is 0.786. The minimum Gasteiger partial charge on any atom is -0.462 e. The molecule has 0 fully saturated rings. The maximum Gasteiger partial charge on any atom is 0.350 e. The molecule has 4 nitrogen and oxygen atoms in total. The Bertz CT molecular complexity index is 552. The van der Waals surface area contributed by atoms with Crippen LogP contribution in [0.5, 0.6) is 0 Å². The lowest BCUT2D eigenvalue weighted by atomic mass is 10.2. The molecule has 0 spiro atoms. The van der Waals surface area contributed by atoms with Crippen molar-refractivity contribution in [3.8, 4) is 10.6 Å². The van der Waals surface area contributed by atoms with Crippen molar-refractivity contribution in [1.29, 1.82) is 0 Å². The molecule has 2 aromatic rings. The second-order valence-corrected chi connectivity index (χ2v) is 5.01. The minimum absolute atomic E-state index is 0.279. The van der Waals surface area contributed by atoms with Crippen LogP contribution in [0.1, 0.15) is 35.6 Å². The lowest BCUT2D eigenvalue weighted by Crippen LogP contribution is -2.05. The number of pyridine rings is 1. The molecule has 5 heteroatoms. The highest BCUT2D eigenvalue weighted by molar-refractivity contribution is 7.17. The summed E-state index contributed by atoms with van der Waals surface area (Å²) in [6, 6.07) is 3.80. The van der Waals surface area contributed by atoms with Gasteiger partial charge in [0.2, 0.25) is 0 Å². The highest BCUT2D eigenvalue weighted by atomic mass is 32.1. The largest absolute Gasteiger partial charge is 0.462 e. The molecule has 0 saturated heterocycles. The maximum absolute atomic E-state index is 11.9. The molecule has 0 N–H and O–H groups in total. The van der Waals surface area contributed by atoms with E-state index in [4.69, 9.17) is 4.74 Å². The summed E-state index contributed by atoms with van der Waals surface area (Å²) >= 11 is 1.37. The number of aryl methyl sites for hydroxylation is 1. The molecular formula is C14H16N2O2S. The fraction of sp³-hybridized carbons (Fsp3) is 0.357. The normalized spacial score (nSPS) is 10.4. The maximum atomic E-state index is 11.9. The fourth-order valence-electron chi connectivity index (χ4n) is 1.73. The molecule has 0 aliphatic rings. The third kappa shape index (κ3) is 3.17. The number of aromatic nitrogens is 2. The standard InChI is InChI=1S/C14H16N2O2S/c1-3-6-11-12(14(17)18-4-2)19-13(16-11)10-7-5-8-15-9-10/h5,7-9H,3-4,6H2,1-2H3. The topological polar surface area (TPSA) is 52.1 Å². The molecule has 0 saturated carbocycles. The van der Waals surface area contributed by atoms with Gasteiger partial charge in [-0.2, -0.15) is 0 Å². The molecule has 0 amide bonds. The van der Waals surface area contributed by atoms with Crippen molar-refractivity contribution in [2.24, 2.45) is 0 Å². The molecule has 19 heavy (non-hydrogen) atoms. The Kier molecular flexibility index (Phi) is 4.63. The van der Waals surface area contributed by atoms with Crippen molar-refractivity contribution < 1.29 is 9.53 Å². The first-order valence-electron chi connectivity index (χ1n) is 6.33. The zero-order valence-corrected chi connectivity index (χ0v) is 11.9. The van der Waals surface area contributed by atoms with E-state index in [0.29, 0.717) is 11.5 Å². The number of rotatable bonds is 5. The number of carbonyl (C=O) groups is 1. The first-order chi connectivity index (χ1) is 9.26. The number of nitrogens with zero attached hydrogens (tertiary/aromatic N) is 2. The SMILES string of the molecule is CCCc1nc(-c2cccnc2)sc1C(=O)OCC. The van der Waals surface area contributed by atoms with Gasteiger partial charge in [-0.25, -0.2) is 9.78 Å². The van der Waals surface area contributed by atoms with E-state index in [1.165, 1.54) is 11.3 Å². The third-order valence-corrected chi connectivity index (χ3v) is 3.68. The first kappa shape index (κ1) is 13.7. The smallest absolute Gasteiger partial charge is 0.350 e. The summed E-state index contributed by atoms with van der Waals surface area (Å²) in [4.78, 5) is 21.2. The molecule has 0 radical (unpaired) electrons. The van der Waals surface area contributed by atoms with E-state index >= 15 is 0 Å². The number of esters is 1. The predicted octanol–water partition coefficient (Wildman–Crippen LogP) is 3.33. The van der Waals surface area contributed by atoms with Crippen LogP contribution in [-0.4, -0.2) is 22.5 Å². The van der Waals surface area contributed by atoms with Gasteiger partial charge in [-0.05, 0) is 25.5 Å². The number of carbonyl (C=O) groups excluding carboxylic acids is 1. The molecule has 2 rings (SSSR count). The Labute approximate surface area is 116 Å². The van der Waals surface area contributed by atoms with Gasteiger partial charge >= 0.3 is 5.97 Å². The van der Waals surface area contributed by atoms with Gasteiger partial charge in [0.15, 0.2) is 0 Å². The Morgan fingerprint density at radius 3 is 2.89 bits per heavy atom. The summed E-state index contributed by atoms with van der Waals surface area (Å²) in [5.74, 6) is -0.279. The monoisotopic (exact) mass is 276 g/mol. The summed E-state index contributed by atoms with van der Waals surface area (Å²) in [6.07, 6.45) is 5.20. The molecule has 0 unspecified atom stereocenters. The van der Waals surface area contributed by atoms with Gasteiger partial charge in [0.25, 0.3) is 0 Å². The predicted molar refractivity (Wildman–Crippen MR) is 75.3 cm³/mol. The van der Waals surface area contributed by atoms with Crippen molar-refractivity contribution in [1.82, 2.24) is 9.97 Å². The Morgan fingerprint density at radius 1 is 1.42 bits per heavy atom. The van der Waals surface area contributed by atoms with E-state index in [1.54, 1.807) is 19.3 Å². The molecule has 100 valence electrons. The summed E-state index contributed by atoms with van der Waals surface area (Å²) in [5.41, 5.74) is 1.75. The molecular weight excluding hydrogens is 260 g/mol. The lowest BCUT2D eigenvalue weighted by molar-refractivity contribution is 0.0530.